The van der Waals surface area contributed by atoms with Crippen LogP contribution in [0.15, 0.2) is 0 Å². The summed E-state index contributed by atoms with van der Waals surface area (Å²) in [5, 5.41) is 2.79. The molecule has 0 aliphatic heterocycles. The van der Waals surface area contributed by atoms with E-state index in [-0.39, 0.29) is 18.4 Å². The van der Waals surface area contributed by atoms with Crippen LogP contribution in [0.4, 0.5) is 13.2 Å². The summed E-state index contributed by atoms with van der Waals surface area (Å²) < 4.78 is 42.5. The second kappa shape index (κ2) is 4.36. The molecule has 1 N–H and O–H groups in total. The third-order valence-electron chi connectivity index (χ3n) is 5.81. The van der Waals surface area contributed by atoms with E-state index in [0.29, 0.717) is 12.8 Å². The predicted molar refractivity (Wildman–Crippen MR) is 68.2 cm³/mol. The summed E-state index contributed by atoms with van der Waals surface area (Å²) in [4.78, 5) is 22.6. The van der Waals surface area contributed by atoms with Crippen LogP contribution in [0.2, 0.25) is 0 Å². The number of fused-ring (bicyclic) bond motifs is 2. The molecule has 0 heterocycles. The molecule has 0 aromatic rings. The molecule has 2 fully saturated rings. The van der Waals surface area contributed by atoms with Crippen molar-refractivity contribution >= 4 is 11.9 Å². The van der Waals surface area contributed by atoms with Gasteiger partial charge in [-0.05, 0) is 18.3 Å². The van der Waals surface area contributed by atoms with Crippen molar-refractivity contribution in [2.45, 2.75) is 64.8 Å². The second-order valence-electron chi connectivity index (χ2n) is 6.88. The van der Waals surface area contributed by atoms with Gasteiger partial charge in [0.15, 0.2) is 0 Å². The summed E-state index contributed by atoms with van der Waals surface area (Å²) in [5.41, 5.74) is -2.22. The molecule has 7 heteroatoms. The highest BCUT2D eigenvalue weighted by atomic mass is 19.4. The van der Waals surface area contributed by atoms with Gasteiger partial charge in [0.2, 0.25) is 5.91 Å². The van der Waals surface area contributed by atoms with Gasteiger partial charge in [-0.3, -0.25) is 4.79 Å². The number of carbonyl (C=O) groups excluding carboxylic acids is 2. The van der Waals surface area contributed by atoms with Gasteiger partial charge in [-0.25, -0.2) is 4.79 Å². The van der Waals surface area contributed by atoms with Gasteiger partial charge in [-0.1, -0.05) is 20.8 Å². The van der Waals surface area contributed by atoms with E-state index in [1.54, 1.807) is 0 Å². The summed E-state index contributed by atoms with van der Waals surface area (Å²) in [7, 11) is 0. The van der Waals surface area contributed by atoms with Gasteiger partial charge in [0.25, 0.3) is 0 Å². The zero-order valence-corrected chi connectivity index (χ0v) is 12.6. The Morgan fingerprint density at radius 1 is 1.19 bits per heavy atom. The van der Waals surface area contributed by atoms with Gasteiger partial charge in [-0.15, -0.1) is 0 Å². The molecule has 0 aromatic carbocycles. The van der Waals surface area contributed by atoms with E-state index in [9.17, 15) is 22.8 Å². The van der Waals surface area contributed by atoms with Crippen molar-refractivity contribution in [3.05, 3.63) is 0 Å². The lowest BCUT2D eigenvalue weighted by Crippen LogP contribution is -2.46. The van der Waals surface area contributed by atoms with E-state index in [0.717, 1.165) is 0 Å². The Balaban J connectivity index is 2.32. The zero-order chi connectivity index (χ0) is 16.3. The maximum atomic E-state index is 12.5. The van der Waals surface area contributed by atoms with E-state index in [2.05, 4.69) is 5.32 Å². The largest absolute Gasteiger partial charge is 0.490 e. The number of carbonyl (C=O) groups is 2. The van der Waals surface area contributed by atoms with Crippen LogP contribution in [0, 0.1) is 10.8 Å². The van der Waals surface area contributed by atoms with Crippen LogP contribution >= 0.6 is 0 Å². The SMILES string of the molecule is CC(=O)N[C@@H]1C[C@@]2(OC(=O)C(F)(F)F)CC[C@]1(C)C2(C)C. The van der Waals surface area contributed by atoms with Crippen LogP contribution in [-0.2, 0) is 14.3 Å². The maximum Gasteiger partial charge on any atom is 0.490 e. The summed E-state index contributed by atoms with van der Waals surface area (Å²) >= 11 is 0. The van der Waals surface area contributed by atoms with Crippen molar-refractivity contribution in [2.24, 2.45) is 10.8 Å². The van der Waals surface area contributed by atoms with Gasteiger partial charge >= 0.3 is 12.1 Å². The first kappa shape index (κ1) is 16.1. The molecule has 0 radical (unpaired) electrons. The lowest BCUT2D eigenvalue weighted by molar-refractivity contribution is -0.221. The maximum absolute atomic E-state index is 12.5. The molecule has 0 saturated heterocycles. The molecule has 2 bridgehead atoms. The number of halogens is 3. The Labute approximate surface area is 121 Å². The van der Waals surface area contributed by atoms with Gasteiger partial charge in [-0.2, -0.15) is 13.2 Å². The Hall–Kier alpha value is -1.27. The van der Waals surface area contributed by atoms with E-state index in [4.69, 9.17) is 4.74 Å². The normalized spacial score (nSPS) is 37.4. The highest BCUT2D eigenvalue weighted by molar-refractivity contribution is 5.76. The first-order valence-electron chi connectivity index (χ1n) is 6.93. The molecule has 4 nitrogen and oxygen atoms in total. The standard InChI is InChI=1S/C14H20F3NO3/c1-8(19)18-9-7-13(21-10(20)14(15,16)17)6-5-12(9,4)11(13,2)3/h9H,5-7H2,1-4H3,(H,18,19)/t9-,12+,13+/m1/s1. The first-order valence-corrected chi connectivity index (χ1v) is 6.93. The van der Waals surface area contributed by atoms with Gasteiger partial charge in [0.05, 0.1) is 0 Å². The minimum Gasteiger partial charge on any atom is -0.452 e. The van der Waals surface area contributed by atoms with Crippen LogP contribution in [0.5, 0.6) is 0 Å². The Morgan fingerprint density at radius 3 is 2.24 bits per heavy atom. The zero-order valence-electron chi connectivity index (χ0n) is 12.6. The number of ether oxygens (including phenoxy) is 1. The molecule has 120 valence electrons. The number of esters is 1. The minimum absolute atomic E-state index is 0.220. The van der Waals surface area contributed by atoms with Gasteiger partial charge < -0.3 is 10.1 Å². The van der Waals surface area contributed by atoms with Crippen LogP contribution in [0.3, 0.4) is 0 Å². The number of rotatable bonds is 2. The fourth-order valence-corrected chi connectivity index (χ4v) is 4.04. The highest BCUT2D eigenvalue weighted by Gasteiger charge is 2.72. The smallest absolute Gasteiger partial charge is 0.452 e. The minimum atomic E-state index is -5.00. The second-order valence-corrected chi connectivity index (χ2v) is 6.88. The molecule has 2 rings (SSSR count). The lowest BCUT2D eigenvalue weighted by atomic mass is 9.68. The molecule has 0 spiro atoms. The van der Waals surface area contributed by atoms with E-state index < -0.39 is 28.6 Å². The van der Waals surface area contributed by atoms with Crippen LogP contribution in [0.25, 0.3) is 0 Å². The number of nitrogens with one attached hydrogen (secondary N) is 1. The van der Waals surface area contributed by atoms with Crippen molar-refractivity contribution in [1.82, 2.24) is 5.32 Å². The summed E-state index contributed by atoms with van der Waals surface area (Å²) in [5.74, 6) is -2.38. The molecular formula is C14H20F3NO3. The van der Waals surface area contributed by atoms with Crippen molar-refractivity contribution in [3.63, 3.8) is 0 Å². The van der Waals surface area contributed by atoms with Crippen LogP contribution in [0.1, 0.15) is 47.0 Å². The molecule has 2 saturated carbocycles. The fraction of sp³-hybridized carbons (Fsp3) is 0.857. The highest BCUT2D eigenvalue weighted by Crippen LogP contribution is 2.69. The molecule has 0 aromatic heterocycles. The fourth-order valence-electron chi connectivity index (χ4n) is 4.04. The van der Waals surface area contributed by atoms with Crippen molar-refractivity contribution < 1.29 is 27.5 Å². The molecule has 21 heavy (non-hydrogen) atoms. The number of hydrogen-bond donors (Lipinski definition) is 1. The molecule has 0 unspecified atom stereocenters. The molecule has 3 atom stereocenters. The number of hydrogen-bond acceptors (Lipinski definition) is 3. The third kappa shape index (κ3) is 2.12. The van der Waals surface area contributed by atoms with Crippen molar-refractivity contribution in [2.75, 3.05) is 0 Å². The quantitative estimate of drug-likeness (QED) is 0.798. The van der Waals surface area contributed by atoms with Crippen molar-refractivity contribution in [1.29, 1.82) is 0 Å². The Bertz CT molecular complexity index is 488. The predicted octanol–water partition coefficient (Wildman–Crippen LogP) is 2.57. The Kier molecular flexibility index (Phi) is 3.35. The molecule has 1 amide bonds. The van der Waals surface area contributed by atoms with E-state index in [1.807, 2.05) is 20.8 Å². The average Bonchev–Trinajstić information content (AvgIpc) is 2.57. The summed E-state index contributed by atoms with van der Waals surface area (Å²) in [6, 6.07) is -0.292. The summed E-state index contributed by atoms with van der Waals surface area (Å²) in [6.07, 6.45) is -3.79. The van der Waals surface area contributed by atoms with E-state index >= 15 is 0 Å². The van der Waals surface area contributed by atoms with Crippen molar-refractivity contribution in [3.8, 4) is 0 Å². The lowest BCUT2D eigenvalue weighted by Gasteiger charge is -2.40. The van der Waals surface area contributed by atoms with Gasteiger partial charge in [0.1, 0.15) is 5.60 Å². The third-order valence-corrected chi connectivity index (χ3v) is 5.81. The van der Waals surface area contributed by atoms with Gasteiger partial charge in [0, 0.05) is 24.8 Å². The summed E-state index contributed by atoms with van der Waals surface area (Å²) in [6.45, 7) is 6.93. The molecule has 2 aliphatic rings. The first-order chi connectivity index (χ1) is 9.36. The molecule has 2 aliphatic carbocycles. The number of alkyl halides is 3. The average molecular weight is 307 g/mol. The Morgan fingerprint density at radius 2 is 1.76 bits per heavy atom. The topological polar surface area (TPSA) is 55.4 Å². The van der Waals surface area contributed by atoms with E-state index in [1.165, 1.54) is 6.92 Å². The monoisotopic (exact) mass is 307 g/mol. The van der Waals surface area contributed by atoms with Crippen LogP contribution < -0.4 is 5.32 Å². The van der Waals surface area contributed by atoms with Crippen LogP contribution in [-0.4, -0.2) is 29.7 Å². The number of amides is 1. The molecular weight excluding hydrogens is 287 g/mol.